The zero-order valence-corrected chi connectivity index (χ0v) is 15.3. The molecule has 0 saturated carbocycles. The zero-order chi connectivity index (χ0) is 17.9. The molecule has 0 saturated heterocycles. The van der Waals surface area contributed by atoms with E-state index in [4.69, 9.17) is 4.74 Å². The highest BCUT2D eigenvalue weighted by Crippen LogP contribution is 2.68. The SMILES string of the molecule is c1ccc(C23OC(c4ccccc4)(C4=C2CCCC4)c2ccccc23)cc1. The number of hydrogen-bond acceptors (Lipinski definition) is 1. The summed E-state index contributed by atoms with van der Waals surface area (Å²) < 4.78 is 7.26. The van der Waals surface area contributed by atoms with E-state index in [0.717, 1.165) is 12.8 Å². The number of benzene rings is 3. The van der Waals surface area contributed by atoms with Crippen LogP contribution < -0.4 is 0 Å². The molecule has 0 radical (unpaired) electrons. The van der Waals surface area contributed by atoms with Crippen molar-refractivity contribution in [3.8, 4) is 0 Å². The Morgan fingerprint density at radius 1 is 0.519 bits per heavy atom. The lowest BCUT2D eigenvalue weighted by molar-refractivity contribution is -0.0333. The van der Waals surface area contributed by atoms with Crippen LogP contribution in [-0.4, -0.2) is 0 Å². The van der Waals surface area contributed by atoms with Crippen molar-refractivity contribution in [3.05, 3.63) is 118 Å². The normalized spacial score (nSPS) is 28.1. The van der Waals surface area contributed by atoms with Crippen molar-refractivity contribution in [1.82, 2.24) is 0 Å². The fraction of sp³-hybridized carbons (Fsp3) is 0.231. The van der Waals surface area contributed by atoms with E-state index in [1.807, 2.05) is 0 Å². The average Bonchev–Trinajstić information content (AvgIpc) is 3.25. The molecule has 1 heteroatoms. The highest BCUT2D eigenvalue weighted by molar-refractivity contribution is 5.67. The van der Waals surface area contributed by atoms with Gasteiger partial charge in [0.1, 0.15) is 11.2 Å². The average molecular weight is 350 g/mol. The van der Waals surface area contributed by atoms with Crippen LogP contribution in [0.3, 0.4) is 0 Å². The molecule has 3 aliphatic rings. The van der Waals surface area contributed by atoms with Crippen LogP contribution in [0.15, 0.2) is 96.1 Å². The molecule has 2 aliphatic heterocycles. The standard InChI is InChI=1S/C26H22O/c1-3-11-19(12-4-1)25-21-15-7-9-17-23(21)26(27-25,20-13-5-2-6-14-20)24-18-10-8-16-22(24)25/h1-7,9,11-15,17H,8,10,16,18H2. The summed E-state index contributed by atoms with van der Waals surface area (Å²) in [6, 6.07) is 30.6. The van der Waals surface area contributed by atoms with Crippen molar-refractivity contribution in [1.29, 1.82) is 0 Å². The molecule has 0 aromatic heterocycles. The van der Waals surface area contributed by atoms with Crippen LogP contribution in [0.25, 0.3) is 0 Å². The summed E-state index contributed by atoms with van der Waals surface area (Å²) in [5, 5.41) is 0. The minimum Gasteiger partial charge on any atom is -0.341 e. The Bertz CT molecular complexity index is 965. The second-order valence-electron chi connectivity index (χ2n) is 7.91. The summed E-state index contributed by atoms with van der Waals surface area (Å²) in [6.45, 7) is 0. The maximum atomic E-state index is 7.26. The topological polar surface area (TPSA) is 9.23 Å². The van der Waals surface area contributed by atoms with Gasteiger partial charge in [-0.05, 0) is 59.1 Å². The third-order valence-electron chi connectivity index (χ3n) is 6.67. The van der Waals surface area contributed by atoms with Crippen LogP contribution in [-0.2, 0) is 15.9 Å². The van der Waals surface area contributed by atoms with Gasteiger partial charge in [-0.3, -0.25) is 0 Å². The fourth-order valence-electron chi connectivity index (χ4n) is 5.69. The maximum absolute atomic E-state index is 7.26. The van der Waals surface area contributed by atoms with Gasteiger partial charge in [-0.25, -0.2) is 0 Å². The fourth-order valence-corrected chi connectivity index (χ4v) is 5.69. The summed E-state index contributed by atoms with van der Waals surface area (Å²) >= 11 is 0. The van der Waals surface area contributed by atoms with E-state index in [1.165, 1.54) is 46.2 Å². The maximum Gasteiger partial charge on any atom is 0.142 e. The van der Waals surface area contributed by atoms with Crippen molar-refractivity contribution in [3.63, 3.8) is 0 Å². The third kappa shape index (κ3) is 1.78. The van der Waals surface area contributed by atoms with Gasteiger partial charge in [0.25, 0.3) is 0 Å². The predicted molar refractivity (Wildman–Crippen MR) is 107 cm³/mol. The first-order chi connectivity index (χ1) is 13.4. The van der Waals surface area contributed by atoms with Gasteiger partial charge in [-0.2, -0.15) is 0 Å². The molecular weight excluding hydrogens is 328 g/mol. The van der Waals surface area contributed by atoms with Gasteiger partial charge < -0.3 is 4.74 Å². The summed E-state index contributed by atoms with van der Waals surface area (Å²) in [5.74, 6) is 0. The molecule has 2 heterocycles. The Hall–Kier alpha value is -2.64. The molecule has 27 heavy (non-hydrogen) atoms. The minimum atomic E-state index is -0.427. The molecule has 1 aliphatic carbocycles. The smallest absolute Gasteiger partial charge is 0.142 e. The van der Waals surface area contributed by atoms with Crippen LogP contribution in [0.5, 0.6) is 0 Å². The molecule has 1 nitrogen and oxygen atoms in total. The van der Waals surface area contributed by atoms with Gasteiger partial charge >= 0.3 is 0 Å². The van der Waals surface area contributed by atoms with Crippen molar-refractivity contribution in [2.45, 2.75) is 36.9 Å². The van der Waals surface area contributed by atoms with Crippen molar-refractivity contribution in [2.75, 3.05) is 0 Å². The van der Waals surface area contributed by atoms with Gasteiger partial charge in [-0.1, -0.05) is 84.9 Å². The predicted octanol–water partition coefficient (Wildman–Crippen LogP) is 6.09. The Morgan fingerprint density at radius 2 is 0.926 bits per heavy atom. The summed E-state index contributed by atoms with van der Waals surface area (Å²) in [5.41, 5.74) is 7.38. The molecule has 3 aromatic carbocycles. The number of hydrogen-bond donors (Lipinski definition) is 0. The van der Waals surface area contributed by atoms with E-state index >= 15 is 0 Å². The molecule has 0 N–H and O–H groups in total. The number of rotatable bonds is 2. The van der Waals surface area contributed by atoms with E-state index in [9.17, 15) is 0 Å². The first kappa shape index (κ1) is 15.4. The molecule has 2 unspecified atom stereocenters. The molecule has 2 atom stereocenters. The van der Waals surface area contributed by atoms with E-state index in [2.05, 4.69) is 84.9 Å². The van der Waals surface area contributed by atoms with E-state index in [-0.39, 0.29) is 0 Å². The molecule has 3 aromatic rings. The molecule has 2 bridgehead atoms. The minimum absolute atomic E-state index is 0.427. The quantitative estimate of drug-likeness (QED) is 0.508. The third-order valence-corrected chi connectivity index (χ3v) is 6.67. The zero-order valence-electron chi connectivity index (χ0n) is 15.3. The lowest BCUT2D eigenvalue weighted by Gasteiger charge is -2.35. The lowest BCUT2D eigenvalue weighted by Crippen LogP contribution is -2.29. The number of fused-ring (bicyclic) bond motifs is 7. The van der Waals surface area contributed by atoms with Gasteiger partial charge in [0.15, 0.2) is 0 Å². The second-order valence-corrected chi connectivity index (χ2v) is 7.91. The summed E-state index contributed by atoms with van der Waals surface area (Å²) in [4.78, 5) is 0. The van der Waals surface area contributed by atoms with E-state index in [1.54, 1.807) is 0 Å². The highest BCUT2D eigenvalue weighted by Gasteiger charge is 2.64. The molecule has 0 spiro atoms. The Labute approximate surface area is 160 Å². The van der Waals surface area contributed by atoms with Crippen LogP contribution in [0.1, 0.15) is 47.9 Å². The van der Waals surface area contributed by atoms with Crippen LogP contribution in [0, 0.1) is 0 Å². The van der Waals surface area contributed by atoms with Gasteiger partial charge in [0.05, 0.1) is 0 Å². The Balaban J connectivity index is 1.74. The molecule has 0 amide bonds. The van der Waals surface area contributed by atoms with E-state index in [0.29, 0.717) is 0 Å². The van der Waals surface area contributed by atoms with Gasteiger partial charge in [-0.15, -0.1) is 0 Å². The summed E-state index contributed by atoms with van der Waals surface area (Å²) in [6.07, 6.45) is 4.77. The van der Waals surface area contributed by atoms with Gasteiger partial charge in [0, 0.05) is 0 Å². The molecule has 132 valence electrons. The monoisotopic (exact) mass is 350 g/mol. The van der Waals surface area contributed by atoms with Gasteiger partial charge in [0.2, 0.25) is 0 Å². The number of ether oxygens (including phenoxy) is 1. The van der Waals surface area contributed by atoms with Crippen LogP contribution in [0.4, 0.5) is 0 Å². The Morgan fingerprint density at radius 3 is 1.37 bits per heavy atom. The van der Waals surface area contributed by atoms with E-state index < -0.39 is 11.2 Å². The van der Waals surface area contributed by atoms with Crippen molar-refractivity contribution >= 4 is 0 Å². The largest absolute Gasteiger partial charge is 0.341 e. The van der Waals surface area contributed by atoms with Crippen molar-refractivity contribution in [2.24, 2.45) is 0 Å². The molecule has 0 fully saturated rings. The van der Waals surface area contributed by atoms with Crippen LogP contribution in [0.2, 0.25) is 0 Å². The molecule has 6 rings (SSSR count). The second kappa shape index (κ2) is 5.43. The first-order valence-corrected chi connectivity index (χ1v) is 10.0. The highest BCUT2D eigenvalue weighted by atomic mass is 16.5. The lowest BCUT2D eigenvalue weighted by atomic mass is 9.64. The first-order valence-electron chi connectivity index (χ1n) is 10.0. The Kier molecular flexibility index (Phi) is 3.10. The van der Waals surface area contributed by atoms with Crippen molar-refractivity contribution < 1.29 is 4.74 Å². The summed E-state index contributed by atoms with van der Waals surface area (Å²) in [7, 11) is 0. The van der Waals surface area contributed by atoms with Crippen LogP contribution >= 0.6 is 0 Å². The molecular formula is C26H22O.